The summed E-state index contributed by atoms with van der Waals surface area (Å²) in [5, 5.41) is 11.1. The van der Waals surface area contributed by atoms with Gasteiger partial charge in [0.1, 0.15) is 6.33 Å². The molecule has 1 aliphatic rings. The number of primary amides is 1. The highest BCUT2D eigenvalue weighted by Gasteiger charge is 2.31. The molecule has 27 heavy (non-hydrogen) atoms. The summed E-state index contributed by atoms with van der Waals surface area (Å²) in [7, 11) is 0. The topological polar surface area (TPSA) is 107 Å². The zero-order chi connectivity index (χ0) is 18.8. The Labute approximate surface area is 159 Å². The van der Waals surface area contributed by atoms with Crippen LogP contribution in [0.1, 0.15) is 49.4 Å². The van der Waals surface area contributed by atoms with E-state index in [1.165, 1.54) is 11.3 Å². The molecule has 3 heterocycles. The lowest BCUT2D eigenvalue weighted by molar-refractivity contribution is 0.0737. The van der Waals surface area contributed by atoms with E-state index in [1.54, 1.807) is 17.1 Å². The van der Waals surface area contributed by atoms with E-state index < -0.39 is 5.91 Å². The summed E-state index contributed by atoms with van der Waals surface area (Å²) in [5.74, 6) is -0.430. The molecule has 2 N–H and O–H groups in total. The molecular weight excluding hydrogens is 364 g/mol. The van der Waals surface area contributed by atoms with Gasteiger partial charge in [-0.15, -0.1) is 16.4 Å². The molecule has 9 heteroatoms. The molecule has 0 bridgehead atoms. The van der Waals surface area contributed by atoms with Gasteiger partial charge >= 0.3 is 0 Å². The van der Waals surface area contributed by atoms with Crippen molar-refractivity contribution in [2.75, 3.05) is 6.54 Å². The van der Waals surface area contributed by atoms with Crippen molar-refractivity contribution >= 4 is 23.2 Å². The van der Waals surface area contributed by atoms with Gasteiger partial charge in [-0.3, -0.25) is 9.59 Å². The lowest BCUT2D eigenvalue weighted by atomic mass is 10.1. The van der Waals surface area contributed by atoms with E-state index in [-0.39, 0.29) is 11.9 Å². The van der Waals surface area contributed by atoms with Crippen LogP contribution < -0.4 is 5.73 Å². The molecule has 0 radical (unpaired) electrons. The maximum absolute atomic E-state index is 13.0. The summed E-state index contributed by atoms with van der Waals surface area (Å²) in [5.41, 5.74) is 7.01. The van der Waals surface area contributed by atoms with Crippen LogP contribution in [0.25, 0.3) is 0 Å². The number of carbonyl (C=O) groups is 2. The van der Waals surface area contributed by atoms with Gasteiger partial charge in [0.15, 0.2) is 0 Å². The van der Waals surface area contributed by atoms with Crippen LogP contribution in [-0.2, 0) is 6.54 Å². The lowest BCUT2D eigenvalue weighted by Crippen LogP contribution is -2.30. The number of nitrogens with zero attached hydrogens (tertiary/aromatic N) is 5. The highest BCUT2D eigenvalue weighted by molar-refractivity contribution is 7.14. The number of aromatic nitrogens is 4. The average molecular weight is 382 g/mol. The third-order valence-electron chi connectivity index (χ3n) is 4.65. The van der Waals surface area contributed by atoms with Gasteiger partial charge in [0.25, 0.3) is 11.8 Å². The van der Waals surface area contributed by atoms with Gasteiger partial charge in [-0.2, -0.15) is 0 Å². The Morgan fingerprint density at radius 1 is 1.19 bits per heavy atom. The highest BCUT2D eigenvalue weighted by Crippen LogP contribution is 2.36. The first-order valence-electron chi connectivity index (χ1n) is 8.62. The minimum atomic E-state index is -0.430. The van der Waals surface area contributed by atoms with Gasteiger partial charge in [-0.05, 0) is 53.1 Å². The lowest BCUT2D eigenvalue weighted by Gasteiger charge is -2.24. The van der Waals surface area contributed by atoms with Crippen molar-refractivity contribution < 1.29 is 9.59 Å². The van der Waals surface area contributed by atoms with E-state index in [4.69, 9.17) is 5.73 Å². The number of benzene rings is 1. The van der Waals surface area contributed by atoms with Crippen LogP contribution >= 0.6 is 11.3 Å². The quantitative estimate of drug-likeness (QED) is 0.725. The van der Waals surface area contributed by atoms with E-state index in [1.807, 2.05) is 35.2 Å². The number of nitrogens with two attached hydrogens (primary N) is 1. The summed E-state index contributed by atoms with van der Waals surface area (Å²) < 4.78 is 1.63. The van der Waals surface area contributed by atoms with E-state index in [2.05, 4.69) is 15.5 Å². The Kier molecular flexibility index (Phi) is 4.68. The van der Waals surface area contributed by atoms with Gasteiger partial charge in [-0.1, -0.05) is 12.1 Å². The fraction of sp³-hybridized carbons (Fsp3) is 0.278. The van der Waals surface area contributed by atoms with Crippen LogP contribution in [0.5, 0.6) is 0 Å². The highest BCUT2D eigenvalue weighted by atomic mass is 32.1. The number of amides is 2. The van der Waals surface area contributed by atoms with Crippen LogP contribution in [0, 0.1) is 0 Å². The molecule has 2 aromatic heterocycles. The van der Waals surface area contributed by atoms with Crippen molar-refractivity contribution in [3.63, 3.8) is 0 Å². The molecule has 1 saturated heterocycles. The van der Waals surface area contributed by atoms with Crippen molar-refractivity contribution in [3.8, 4) is 0 Å². The Morgan fingerprint density at radius 3 is 2.67 bits per heavy atom. The van der Waals surface area contributed by atoms with Crippen LogP contribution in [0.3, 0.4) is 0 Å². The summed E-state index contributed by atoms with van der Waals surface area (Å²) in [6.45, 7) is 1.26. The predicted octanol–water partition coefficient (Wildman–Crippen LogP) is 1.86. The van der Waals surface area contributed by atoms with Crippen LogP contribution in [0.2, 0.25) is 0 Å². The Hall–Kier alpha value is -3.07. The summed E-state index contributed by atoms with van der Waals surface area (Å²) in [6, 6.07) is 11.1. The zero-order valence-corrected chi connectivity index (χ0v) is 15.3. The largest absolute Gasteiger partial charge is 0.365 e. The van der Waals surface area contributed by atoms with Gasteiger partial charge in [0, 0.05) is 17.0 Å². The molecule has 0 aliphatic carbocycles. The molecule has 1 unspecified atom stereocenters. The third kappa shape index (κ3) is 3.59. The molecule has 0 spiro atoms. The molecule has 1 atom stereocenters. The van der Waals surface area contributed by atoms with E-state index in [0.717, 1.165) is 23.3 Å². The number of hydrogen-bond donors (Lipinski definition) is 1. The molecule has 1 aliphatic heterocycles. The maximum Gasteiger partial charge on any atom is 0.258 e. The molecule has 3 aromatic rings. The fourth-order valence-electron chi connectivity index (χ4n) is 3.33. The summed E-state index contributed by atoms with van der Waals surface area (Å²) >= 11 is 1.37. The van der Waals surface area contributed by atoms with Crippen molar-refractivity contribution in [3.05, 3.63) is 63.6 Å². The van der Waals surface area contributed by atoms with Gasteiger partial charge in [0.05, 0.1) is 17.5 Å². The number of likely N-dealkylation sites (tertiary alicyclic amines) is 1. The molecular formula is C18H18N6O2S. The monoisotopic (exact) mass is 382 g/mol. The Morgan fingerprint density at radius 2 is 2.00 bits per heavy atom. The van der Waals surface area contributed by atoms with E-state index >= 15 is 0 Å². The number of hydrogen-bond acceptors (Lipinski definition) is 6. The summed E-state index contributed by atoms with van der Waals surface area (Å²) in [4.78, 5) is 27.8. The molecule has 2 amide bonds. The second kappa shape index (κ2) is 7.28. The maximum atomic E-state index is 13.0. The Bertz CT molecular complexity index is 951. The standard InChI is InChI=1S/C18H18N6O2S/c19-17(25)16-8-7-15(27-16)14-2-1-9-24(14)18(26)13-5-3-12(4-6-13)10-23-11-20-21-22-23/h3-8,11,14H,1-2,9-10H2,(H2,19,25). The first kappa shape index (κ1) is 17.3. The van der Waals surface area contributed by atoms with E-state index in [9.17, 15) is 9.59 Å². The van der Waals surface area contributed by atoms with E-state index in [0.29, 0.717) is 23.5 Å². The van der Waals surface area contributed by atoms with Crippen molar-refractivity contribution in [1.82, 2.24) is 25.1 Å². The normalized spacial score (nSPS) is 16.6. The van der Waals surface area contributed by atoms with Crippen LogP contribution in [0.4, 0.5) is 0 Å². The number of thiophene rings is 1. The van der Waals surface area contributed by atoms with Crippen LogP contribution in [0.15, 0.2) is 42.7 Å². The first-order chi connectivity index (χ1) is 13.1. The molecule has 1 fully saturated rings. The second-order valence-corrected chi connectivity index (χ2v) is 7.54. The first-order valence-corrected chi connectivity index (χ1v) is 9.43. The van der Waals surface area contributed by atoms with Crippen LogP contribution in [-0.4, -0.2) is 43.5 Å². The predicted molar refractivity (Wildman–Crippen MR) is 99.2 cm³/mol. The van der Waals surface area contributed by atoms with Gasteiger partial charge < -0.3 is 10.6 Å². The van der Waals surface area contributed by atoms with Crippen molar-refractivity contribution in [2.24, 2.45) is 5.73 Å². The fourth-order valence-corrected chi connectivity index (χ4v) is 4.34. The van der Waals surface area contributed by atoms with Crippen molar-refractivity contribution in [2.45, 2.75) is 25.4 Å². The average Bonchev–Trinajstić information content (AvgIpc) is 3.42. The van der Waals surface area contributed by atoms with Gasteiger partial charge in [0.2, 0.25) is 0 Å². The number of tetrazole rings is 1. The molecule has 4 rings (SSSR count). The number of rotatable bonds is 5. The minimum Gasteiger partial charge on any atom is -0.365 e. The molecule has 8 nitrogen and oxygen atoms in total. The minimum absolute atomic E-state index is 0.000461. The third-order valence-corrected chi connectivity index (χ3v) is 5.85. The molecule has 138 valence electrons. The molecule has 1 aromatic carbocycles. The molecule has 0 saturated carbocycles. The SMILES string of the molecule is NC(=O)c1ccc(C2CCCN2C(=O)c2ccc(Cn3cnnn3)cc2)s1. The Balaban J connectivity index is 1.49. The zero-order valence-electron chi connectivity index (χ0n) is 14.5. The second-order valence-electron chi connectivity index (χ2n) is 6.43. The van der Waals surface area contributed by atoms with Gasteiger partial charge in [-0.25, -0.2) is 4.68 Å². The smallest absolute Gasteiger partial charge is 0.258 e. The number of carbonyl (C=O) groups excluding carboxylic acids is 2. The van der Waals surface area contributed by atoms with Crippen molar-refractivity contribution in [1.29, 1.82) is 0 Å². The summed E-state index contributed by atoms with van der Waals surface area (Å²) in [6.07, 6.45) is 3.38.